The topological polar surface area (TPSA) is 75.6 Å². The zero-order valence-electron chi connectivity index (χ0n) is 13.4. The molecule has 0 unspecified atom stereocenters. The third kappa shape index (κ3) is 4.83. The van der Waals surface area contributed by atoms with Gasteiger partial charge in [0.1, 0.15) is 5.75 Å². The largest absolute Gasteiger partial charge is 0.478 e. The summed E-state index contributed by atoms with van der Waals surface area (Å²) in [6.45, 7) is 3.68. The van der Waals surface area contributed by atoms with E-state index in [2.05, 4.69) is 21.2 Å². The third-order valence-electron chi connectivity index (χ3n) is 3.39. The zero-order valence-corrected chi connectivity index (χ0v) is 15.0. The van der Waals surface area contributed by atoms with Crippen LogP contribution in [0.5, 0.6) is 5.75 Å². The minimum Gasteiger partial charge on any atom is -0.478 e. The quantitative estimate of drug-likeness (QED) is 0.788. The van der Waals surface area contributed by atoms with E-state index < -0.39 is 11.6 Å². The van der Waals surface area contributed by atoms with Crippen molar-refractivity contribution in [2.24, 2.45) is 0 Å². The summed E-state index contributed by atoms with van der Waals surface area (Å²) in [7, 11) is 0. The van der Waals surface area contributed by atoms with Crippen molar-refractivity contribution in [3.8, 4) is 5.75 Å². The molecule has 0 radical (unpaired) electrons. The van der Waals surface area contributed by atoms with Crippen molar-refractivity contribution in [1.82, 2.24) is 5.32 Å². The summed E-state index contributed by atoms with van der Waals surface area (Å²) in [5.74, 6) is -0.633. The molecule has 0 spiro atoms. The molecule has 0 aliphatic heterocycles. The van der Waals surface area contributed by atoms with E-state index in [1.165, 1.54) is 12.1 Å². The molecule has 2 rings (SSSR count). The molecule has 6 heteroatoms. The van der Waals surface area contributed by atoms with Gasteiger partial charge < -0.3 is 15.2 Å². The maximum absolute atomic E-state index is 12.3. The minimum absolute atomic E-state index is 0.212. The highest BCUT2D eigenvalue weighted by atomic mass is 79.9. The number of carbonyl (C=O) groups is 2. The molecule has 5 nitrogen and oxygen atoms in total. The van der Waals surface area contributed by atoms with Gasteiger partial charge in [-0.25, -0.2) is 4.79 Å². The van der Waals surface area contributed by atoms with Crippen LogP contribution >= 0.6 is 15.9 Å². The van der Waals surface area contributed by atoms with E-state index in [-0.39, 0.29) is 11.5 Å². The van der Waals surface area contributed by atoms with E-state index in [4.69, 9.17) is 9.84 Å². The van der Waals surface area contributed by atoms with Crippen molar-refractivity contribution < 1.29 is 19.4 Å². The van der Waals surface area contributed by atoms with Gasteiger partial charge in [-0.3, -0.25) is 4.79 Å². The van der Waals surface area contributed by atoms with Crippen molar-refractivity contribution in [3.05, 3.63) is 64.1 Å². The molecule has 126 valence electrons. The van der Waals surface area contributed by atoms with Crippen LogP contribution in [0.25, 0.3) is 0 Å². The molecule has 0 saturated heterocycles. The van der Waals surface area contributed by atoms with E-state index in [9.17, 15) is 9.59 Å². The summed E-state index contributed by atoms with van der Waals surface area (Å²) in [6, 6.07) is 13.6. The van der Waals surface area contributed by atoms with Crippen LogP contribution in [0.4, 0.5) is 0 Å². The van der Waals surface area contributed by atoms with Crippen molar-refractivity contribution >= 4 is 27.8 Å². The summed E-state index contributed by atoms with van der Waals surface area (Å²) in [5.41, 5.74) is -0.00812. The Balaban J connectivity index is 1.94. The lowest BCUT2D eigenvalue weighted by Crippen LogP contribution is -2.46. The number of halogens is 1. The Bertz CT molecular complexity index is 724. The van der Waals surface area contributed by atoms with Gasteiger partial charge in [-0.05, 0) is 55.8 Å². The van der Waals surface area contributed by atoms with E-state index in [0.29, 0.717) is 12.3 Å². The highest BCUT2D eigenvalue weighted by Crippen LogP contribution is 2.21. The molecule has 0 bridgehead atoms. The zero-order chi connectivity index (χ0) is 17.7. The molecule has 0 aliphatic rings. The number of ether oxygens (including phenoxy) is 1. The first-order chi connectivity index (χ1) is 11.3. The number of benzene rings is 2. The molecule has 24 heavy (non-hydrogen) atoms. The van der Waals surface area contributed by atoms with E-state index in [1.54, 1.807) is 38.1 Å². The van der Waals surface area contributed by atoms with Crippen LogP contribution in [0, 0.1) is 0 Å². The summed E-state index contributed by atoms with van der Waals surface area (Å²) < 4.78 is 6.68. The first-order valence-corrected chi connectivity index (χ1v) is 8.12. The number of carboxylic acids is 1. The summed E-state index contributed by atoms with van der Waals surface area (Å²) in [6.07, 6.45) is 0. The molecule has 2 aromatic carbocycles. The molecule has 0 fully saturated rings. The number of amides is 1. The lowest BCUT2D eigenvalue weighted by molar-refractivity contribution is -0.134. The highest BCUT2D eigenvalue weighted by Gasteiger charge is 2.29. The maximum atomic E-state index is 12.3. The van der Waals surface area contributed by atoms with Crippen LogP contribution in [-0.4, -0.2) is 22.6 Å². The van der Waals surface area contributed by atoms with E-state index in [0.717, 1.165) is 10.0 Å². The Hall–Kier alpha value is -2.34. The monoisotopic (exact) mass is 391 g/mol. The van der Waals surface area contributed by atoms with E-state index >= 15 is 0 Å². The Morgan fingerprint density at radius 3 is 2.21 bits per heavy atom. The first kappa shape index (κ1) is 18.0. The summed E-state index contributed by atoms with van der Waals surface area (Å²) >= 11 is 3.35. The summed E-state index contributed by atoms with van der Waals surface area (Å²) in [4.78, 5) is 23.2. The lowest BCUT2D eigenvalue weighted by Gasteiger charge is -2.25. The molecule has 0 aromatic heterocycles. The number of nitrogens with one attached hydrogen (secondary N) is 1. The van der Waals surface area contributed by atoms with Crippen LogP contribution in [-0.2, 0) is 11.3 Å². The van der Waals surface area contributed by atoms with Gasteiger partial charge in [0.15, 0.2) is 5.60 Å². The van der Waals surface area contributed by atoms with Crippen molar-refractivity contribution in [3.63, 3.8) is 0 Å². The van der Waals surface area contributed by atoms with E-state index in [1.807, 2.05) is 12.1 Å². The van der Waals surface area contributed by atoms with Crippen molar-refractivity contribution in [1.29, 1.82) is 0 Å². The van der Waals surface area contributed by atoms with Gasteiger partial charge in [-0.15, -0.1) is 0 Å². The fourth-order valence-electron chi connectivity index (χ4n) is 2.00. The van der Waals surface area contributed by atoms with Gasteiger partial charge in [-0.1, -0.05) is 28.1 Å². The fourth-order valence-corrected chi connectivity index (χ4v) is 2.27. The average Bonchev–Trinajstić information content (AvgIpc) is 2.55. The number of rotatable bonds is 6. The molecule has 0 heterocycles. The molecule has 0 aliphatic carbocycles. The number of carboxylic acid groups (broad SMARTS) is 1. The Morgan fingerprint density at radius 2 is 1.67 bits per heavy atom. The molecule has 0 saturated carbocycles. The van der Waals surface area contributed by atoms with Gasteiger partial charge in [0.25, 0.3) is 5.91 Å². The van der Waals surface area contributed by atoms with Crippen LogP contribution in [0.3, 0.4) is 0 Å². The number of carbonyl (C=O) groups excluding carboxylic acids is 1. The minimum atomic E-state index is -1.03. The third-order valence-corrected chi connectivity index (χ3v) is 3.92. The molecule has 2 N–H and O–H groups in total. The number of hydrogen-bond acceptors (Lipinski definition) is 3. The fraction of sp³-hybridized carbons (Fsp3) is 0.222. The lowest BCUT2D eigenvalue weighted by atomic mass is 10.1. The van der Waals surface area contributed by atoms with Crippen molar-refractivity contribution in [2.75, 3.05) is 0 Å². The van der Waals surface area contributed by atoms with Gasteiger partial charge in [0, 0.05) is 11.0 Å². The predicted molar refractivity (Wildman–Crippen MR) is 94.1 cm³/mol. The predicted octanol–water partition coefficient (Wildman–Crippen LogP) is 3.62. The van der Waals surface area contributed by atoms with Crippen LogP contribution < -0.4 is 10.1 Å². The first-order valence-electron chi connectivity index (χ1n) is 7.33. The standard InChI is InChI=1S/C18H18BrNO4/c1-18(2,24-15-9-7-14(19)8-10-15)17(23)20-11-12-3-5-13(6-4-12)16(21)22/h3-10H,11H2,1-2H3,(H,20,23)(H,21,22). The molecule has 0 atom stereocenters. The Morgan fingerprint density at radius 1 is 1.08 bits per heavy atom. The number of aromatic carboxylic acids is 1. The van der Waals surface area contributed by atoms with Gasteiger partial charge in [0.2, 0.25) is 0 Å². The second-order valence-electron chi connectivity index (χ2n) is 5.75. The van der Waals surface area contributed by atoms with Crippen LogP contribution in [0.1, 0.15) is 29.8 Å². The average molecular weight is 392 g/mol. The molecular weight excluding hydrogens is 374 g/mol. The molecular formula is C18H18BrNO4. The van der Waals surface area contributed by atoms with Crippen LogP contribution in [0.2, 0.25) is 0 Å². The smallest absolute Gasteiger partial charge is 0.335 e. The maximum Gasteiger partial charge on any atom is 0.335 e. The normalized spacial score (nSPS) is 11.0. The second-order valence-corrected chi connectivity index (χ2v) is 6.67. The molecule has 2 aromatic rings. The van der Waals surface area contributed by atoms with Gasteiger partial charge >= 0.3 is 5.97 Å². The van der Waals surface area contributed by atoms with Crippen LogP contribution in [0.15, 0.2) is 53.0 Å². The SMILES string of the molecule is CC(C)(Oc1ccc(Br)cc1)C(=O)NCc1ccc(C(=O)O)cc1. The van der Waals surface area contributed by atoms with Gasteiger partial charge in [0.05, 0.1) is 5.56 Å². The summed E-state index contributed by atoms with van der Waals surface area (Å²) in [5, 5.41) is 11.7. The van der Waals surface area contributed by atoms with Crippen molar-refractivity contribution in [2.45, 2.75) is 26.0 Å². The highest BCUT2D eigenvalue weighted by molar-refractivity contribution is 9.10. The Kier molecular flexibility index (Phi) is 5.62. The Labute approximate surface area is 148 Å². The number of hydrogen-bond donors (Lipinski definition) is 2. The second kappa shape index (κ2) is 7.49. The van der Waals surface area contributed by atoms with Gasteiger partial charge in [-0.2, -0.15) is 0 Å². The molecule has 1 amide bonds.